The molecule has 4 heterocycles. The van der Waals surface area contributed by atoms with Crippen LogP contribution >= 0.6 is 11.3 Å². The van der Waals surface area contributed by atoms with Crippen LogP contribution in [-0.4, -0.2) is 4.57 Å². The van der Waals surface area contributed by atoms with Crippen molar-refractivity contribution in [2.75, 3.05) is 4.90 Å². The van der Waals surface area contributed by atoms with Crippen molar-refractivity contribution in [1.82, 2.24) is 4.57 Å². The van der Waals surface area contributed by atoms with E-state index in [0.717, 1.165) is 88.8 Å². The van der Waals surface area contributed by atoms with E-state index in [0.29, 0.717) is 0 Å². The van der Waals surface area contributed by atoms with Crippen LogP contribution in [0.15, 0.2) is 203 Å². The van der Waals surface area contributed by atoms with E-state index in [1.165, 1.54) is 30.9 Å². The van der Waals surface area contributed by atoms with Gasteiger partial charge in [-0.2, -0.15) is 0 Å². The summed E-state index contributed by atoms with van der Waals surface area (Å²) in [4.78, 5) is 2.39. The van der Waals surface area contributed by atoms with Gasteiger partial charge in [-0.05, 0) is 90.5 Å². The maximum Gasteiger partial charge on any atom is 0.138 e. The topological polar surface area (TPSA) is 34.5 Å². The highest BCUT2D eigenvalue weighted by Crippen LogP contribution is 2.48. The maximum atomic E-state index is 6.71. The van der Waals surface area contributed by atoms with Gasteiger partial charge in [-0.1, -0.05) is 103 Å². The standard InChI is InChI=1S/C54H32N2O2S/c1-2-13-34(14-3-1)55(43-20-12-24-50-52(43)41-18-7-11-23-49(41)59-50)35-26-28-36(29-27-35)56-42-19-8-4-16-39(42)53-44(56)32-48-54(40-17-6-10-22-46(40)58-48)51(53)33-25-30-38-37-15-5-9-21-45(37)57-47(38)31-33/h1-32H. The fraction of sp³-hybridized carbons (Fsp3) is 0. The molecule has 5 heteroatoms. The van der Waals surface area contributed by atoms with Crippen LogP contribution in [-0.2, 0) is 0 Å². The third kappa shape index (κ3) is 4.77. The second-order valence-corrected chi connectivity index (χ2v) is 16.3. The van der Waals surface area contributed by atoms with Crippen LogP contribution < -0.4 is 4.90 Å². The van der Waals surface area contributed by atoms with Crippen LogP contribution in [0.5, 0.6) is 0 Å². The molecule has 0 aliphatic heterocycles. The van der Waals surface area contributed by atoms with E-state index in [1.54, 1.807) is 0 Å². The van der Waals surface area contributed by atoms with E-state index in [2.05, 4.69) is 185 Å². The zero-order chi connectivity index (χ0) is 38.6. The Morgan fingerprint density at radius 3 is 1.88 bits per heavy atom. The Labute approximate surface area is 342 Å². The van der Waals surface area contributed by atoms with Crippen LogP contribution in [0.3, 0.4) is 0 Å². The Morgan fingerprint density at radius 1 is 0.390 bits per heavy atom. The predicted molar refractivity (Wildman–Crippen MR) is 248 cm³/mol. The van der Waals surface area contributed by atoms with Gasteiger partial charge < -0.3 is 18.3 Å². The Morgan fingerprint density at radius 2 is 1.03 bits per heavy atom. The summed E-state index contributed by atoms with van der Waals surface area (Å²) in [5.74, 6) is 0. The minimum atomic E-state index is 0.852. The Hall–Kier alpha value is -7.60. The smallest absolute Gasteiger partial charge is 0.138 e. The third-order valence-electron chi connectivity index (χ3n) is 12.0. The molecule has 276 valence electrons. The molecule has 59 heavy (non-hydrogen) atoms. The number of fused-ring (bicyclic) bond motifs is 12. The van der Waals surface area contributed by atoms with Gasteiger partial charge in [0, 0.05) is 81.2 Å². The summed E-state index contributed by atoms with van der Waals surface area (Å²) in [5.41, 5.74) is 12.4. The van der Waals surface area contributed by atoms with E-state index in [-0.39, 0.29) is 0 Å². The average Bonchev–Trinajstić information content (AvgIpc) is 4.05. The molecule has 13 rings (SSSR count). The number of thiophene rings is 1. The number of furan rings is 2. The third-order valence-corrected chi connectivity index (χ3v) is 13.1. The summed E-state index contributed by atoms with van der Waals surface area (Å²) in [7, 11) is 0. The second kappa shape index (κ2) is 12.4. The van der Waals surface area contributed by atoms with Crippen molar-refractivity contribution in [3.8, 4) is 16.8 Å². The predicted octanol–water partition coefficient (Wildman–Crippen LogP) is 16.1. The quantitative estimate of drug-likeness (QED) is 0.175. The lowest BCUT2D eigenvalue weighted by atomic mass is 9.93. The Balaban J connectivity index is 1.05. The molecule has 0 radical (unpaired) electrons. The van der Waals surface area contributed by atoms with Crippen LogP contribution in [0.1, 0.15) is 0 Å². The molecule has 0 atom stereocenters. The molecule has 0 saturated heterocycles. The molecule has 0 spiro atoms. The lowest BCUT2D eigenvalue weighted by Gasteiger charge is -2.26. The van der Waals surface area contributed by atoms with Crippen molar-refractivity contribution in [2.45, 2.75) is 0 Å². The first-order valence-electron chi connectivity index (χ1n) is 19.9. The lowest BCUT2D eigenvalue weighted by molar-refractivity contribution is 0.668. The molecule has 9 aromatic carbocycles. The van der Waals surface area contributed by atoms with E-state index in [9.17, 15) is 0 Å². The first-order chi connectivity index (χ1) is 29.3. The van der Waals surface area contributed by atoms with Crippen LogP contribution in [0, 0.1) is 0 Å². The molecular weight excluding hydrogens is 741 g/mol. The second-order valence-electron chi connectivity index (χ2n) is 15.2. The molecule has 13 aromatic rings. The highest BCUT2D eigenvalue weighted by molar-refractivity contribution is 7.26. The van der Waals surface area contributed by atoms with Crippen molar-refractivity contribution >= 4 is 114 Å². The highest BCUT2D eigenvalue weighted by Gasteiger charge is 2.24. The number of hydrogen-bond donors (Lipinski definition) is 0. The van der Waals surface area contributed by atoms with E-state index >= 15 is 0 Å². The van der Waals surface area contributed by atoms with E-state index in [1.807, 2.05) is 29.5 Å². The van der Waals surface area contributed by atoms with Gasteiger partial charge in [0.1, 0.15) is 22.3 Å². The summed E-state index contributed by atoms with van der Waals surface area (Å²) in [6.45, 7) is 0. The SMILES string of the molecule is c1ccc(N(c2ccc(-n3c4ccccc4c4c(-c5ccc6c(c5)oc5ccccc56)c5c(cc43)oc3ccccc35)cc2)c2cccc3sc4ccccc4c23)cc1. The molecule has 0 amide bonds. The summed E-state index contributed by atoms with van der Waals surface area (Å²) in [6, 6.07) is 69.4. The molecule has 0 fully saturated rings. The van der Waals surface area contributed by atoms with E-state index in [4.69, 9.17) is 8.83 Å². The zero-order valence-corrected chi connectivity index (χ0v) is 32.4. The van der Waals surface area contributed by atoms with Gasteiger partial charge in [0.25, 0.3) is 0 Å². The first-order valence-corrected chi connectivity index (χ1v) is 20.7. The number of rotatable bonds is 5. The fourth-order valence-electron chi connectivity index (χ4n) is 9.48. The Bertz CT molecular complexity index is 3790. The number of aromatic nitrogens is 1. The van der Waals surface area contributed by atoms with Gasteiger partial charge in [-0.25, -0.2) is 0 Å². The number of anilines is 3. The number of para-hydroxylation sites is 4. The van der Waals surface area contributed by atoms with Gasteiger partial charge >= 0.3 is 0 Å². The summed E-state index contributed by atoms with van der Waals surface area (Å²) >= 11 is 1.85. The number of hydrogen-bond acceptors (Lipinski definition) is 4. The van der Waals surface area contributed by atoms with Gasteiger partial charge in [-0.3, -0.25) is 0 Å². The van der Waals surface area contributed by atoms with Crippen LogP contribution in [0.25, 0.3) is 103 Å². The van der Waals surface area contributed by atoms with Crippen LogP contribution in [0.2, 0.25) is 0 Å². The van der Waals surface area contributed by atoms with Gasteiger partial charge in [0.05, 0.1) is 16.7 Å². The molecule has 4 aromatic heterocycles. The summed E-state index contributed by atoms with van der Waals surface area (Å²) in [5, 5.41) is 9.35. The summed E-state index contributed by atoms with van der Waals surface area (Å²) in [6.07, 6.45) is 0. The van der Waals surface area contributed by atoms with Crippen molar-refractivity contribution in [3.05, 3.63) is 194 Å². The van der Waals surface area contributed by atoms with Crippen molar-refractivity contribution in [3.63, 3.8) is 0 Å². The van der Waals surface area contributed by atoms with E-state index < -0.39 is 0 Å². The van der Waals surface area contributed by atoms with Crippen molar-refractivity contribution in [2.24, 2.45) is 0 Å². The average molecular weight is 773 g/mol. The van der Waals surface area contributed by atoms with Crippen LogP contribution in [0.4, 0.5) is 17.1 Å². The monoisotopic (exact) mass is 772 g/mol. The molecule has 0 aliphatic carbocycles. The normalized spacial score (nSPS) is 12.1. The Kier molecular flexibility index (Phi) is 6.85. The summed E-state index contributed by atoms with van der Waals surface area (Å²) < 4.78 is 18.1. The lowest BCUT2D eigenvalue weighted by Crippen LogP contribution is -2.10. The zero-order valence-electron chi connectivity index (χ0n) is 31.6. The highest BCUT2D eigenvalue weighted by atomic mass is 32.1. The van der Waals surface area contributed by atoms with Gasteiger partial charge in [-0.15, -0.1) is 11.3 Å². The van der Waals surface area contributed by atoms with Crippen molar-refractivity contribution < 1.29 is 8.83 Å². The molecule has 0 unspecified atom stereocenters. The fourth-order valence-corrected chi connectivity index (χ4v) is 10.6. The number of nitrogens with zero attached hydrogens (tertiary/aromatic N) is 2. The molecule has 4 nitrogen and oxygen atoms in total. The molecule has 0 saturated carbocycles. The van der Waals surface area contributed by atoms with Crippen molar-refractivity contribution in [1.29, 1.82) is 0 Å². The minimum Gasteiger partial charge on any atom is -0.456 e. The molecule has 0 bridgehead atoms. The van der Waals surface area contributed by atoms with Gasteiger partial charge in [0.15, 0.2) is 0 Å². The largest absolute Gasteiger partial charge is 0.456 e. The molecular formula is C54H32N2O2S. The number of benzene rings is 9. The molecule has 0 N–H and O–H groups in total. The molecule has 0 aliphatic rings. The first kappa shape index (κ1) is 32.5. The minimum absolute atomic E-state index is 0.852. The maximum absolute atomic E-state index is 6.71. The van der Waals surface area contributed by atoms with Gasteiger partial charge in [0.2, 0.25) is 0 Å².